The zero-order chi connectivity index (χ0) is 19.0. The van der Waals surface area contributed by atoms with Gasteiger partial charge in [-0.05, 0) is 47.7 Å². The van der Waals surface area contributed by atoms with Gasteiger partial charge in [-0.25, -0.2) is 4.79 Å². The molecule has 0 radical (unpaired) electrons. The Morgan fingerprint density at radius 3 is 2.81 bits per heavy atom. The third-order valence-electron chi connectivity index (χ3n) is 4.90. The fraction of sp³-hybridized carbons (Fsp3) is 0.250. The van der Waals surface area contributed by atoms with Gasteiger partial charge in [-0.2, -0.15) is 11.3 Å². The number of pyridine rings is 2. The van der Waals surface area contributed by atoms with Crippen molar-refractivity contribution >= 4 is 17.3 Å². The van der Waals surface area contributed by atoms with E-state index >= 15 is 0 Å². The maximum atomic E-state index is 12.5. The fourth-order valence-corrected chi connectivity index (χ4v) is 4.20. The minimum absolute atomic E-state index is 0.219. The minimum Gasteiger partial charge on any atom is -0.477 e. The summed E-state index contributed by atoms with van der Waals surface area (Å²) in [6.07, 6.45) is 4.11. The Morgan fingerprint density at radius 2 is 2.15 bits per heavy atom. The van der Waals surface area contributed by atoms with Gasteiger partial charge < -0.3 is 14.8 Å². The molecule has 3 aromatic rings. The summed E-state index contributed by atoms with van der Waals surface area (Å²) in [7, 11) is 0. The van der Waals surface area contributed by atoms with Gasteiger partial charge in [0.05, 0.1) is 18.3 Å². The third-order valence-corrected chi connectivity index (χ3v) is 5.58. The van der Waals surface area contributed by atoms with Crippen molar-refractivity contribution in [2.45, 2.75) is 31.9 Å². The average Bonchev–Trinajstić information content (AvgIpc) is 3.19. The molecule has 1 atom stereocenters. The van der Waals surface area contributed by atoms with Crippen LogP contribution in [0.15, 0.2) is 46.1 Å². The van der Waals surface area contributed by atoms with E-state index < -0.39 is 17.5 Å². The van der Waals surface area contributed by atoms with Crippen LogP contribution in [0.4, 0.5) is 0 Å². The van der Waals surface area contributed by atoms with Gasteiger partial charge >= 0.3 is 5.97 Å². The smallest absolute Gasteiger partial charge is 0.341 e. The Kier molecular flexibility index (Phi) is 4.63. The molecular weight excluding hydrogens is 364 g/mol. The average molecular weight is 382 g/mol. The number of aliphatic hydroxyl groups is 1. The number of aromatic carboxylic acids is 1. The van der Waals surface area contributed by atoms with E-state index in [2.05, 4.69) is 10.4 Å². The van der Waals surface area contributed by atoms with Gasteiger partial charge in [0, 0.05) is 29.2 Å². The number of hydrogen-bond donors (Lipinski definition) is 2. The first-order chi connectivity index (χ1) is 13.0. The van der Waals surface area contributed by atoms with E-state index in [1.54, 1.807) is 22.1 Å². The Hall–Kier alpha value is -2.77. The second-order valence-corrected chi connectivity index (χ2v) is 7.40. The highest BCUT2D eigenvalue weighted by Gasteiger charge is 2.27. The van der Waals surface area contributed by atoms with E-state index in [1.807, 2.05) is 23.6 Å². The first-order valence-corrected chi connectivity index (χ1v) is 9.64. The van der Waals surface area contributed by atoms with Crippen LogP contribution < -0.4 is 5.43 Å². The van der Waals surface area contributed by atoms with Gasteiger partial charge in [-0.1, -0.05) is 6.07 Å². The van der Waals surface area contributed by atoms with Crippen molar-refractivity contribution in [3.05, 3.63) is 74.1 Å². The molecule has 0 bridgehead atoms. The molecule has 0 aromatic carbocycles. The zero-order valence-electron chi connectivity index (χ0n) is 14.5. The largest absolute Gasteiger partial charge is 0.477 e. The number of fused-ring (bicyclic) bond motifs is 1. The van der Waals surface area contributed by atoms with Crippen LogP contribution >= 0.6 is 11.3 Å². The lowest BCUT2D eigenvalue weighted by atomic mass is 9.91. The number of aliphatic hydroxyl groups excluding tert-OH is 1. The summed E-state index contributed by atoms with van der Waals surface area (Å²) in [5.41, 5.74) is 2.91. The van der Waals surface area contributed by atoms with Crippen molar-refractivity contribution in [3.63, 3.8) is 0 Å². The van der Waals surface area contributed by atoms with E-state index in [1.165, 1.54) is 6.20 Å². The topological polar surface area (TPSA) is 92.4 Å². The molecule has 4 rings (SSSR count). The van der Waals surface area contributed by atoms with Crippen LogP contribution in [0.3, 0.4) is 0 Å². The normalized spacial score (nSPS) is 16.1. The summed E-state index contributed by atoms with van der Waals surface area (Å²) in [5, 5.41) is 23.7. The van der Waals surface area contributed by atoms with Crippen molar-refractivity contribution in [2.75, 3.05) is 0 Å². The van der Waals surface area contributed by atoms with Crippen LogP contribution in [0.25, 0.3) is 11.1 Å². The van der Waals surface area contributed by atoms with E-state index in [0.717, 1.165) is 23.2 Å². The van der Waals surface area contributed by atoms with E-state index in [0.29, 0.717) is 25.1 Å². The Bertz CT molecular complexity index is 1040. The molecule has 1 aliphatic carbocycles. The molecule has 27 heavy (non-hydrogen) atoms. The van der Waals surface area contributed by atoms with Gasteiger partial charge in [0.2, 0.25) is 5.43 Å². The SMILES string of the molecule is O=C(O)c1cn(Cc2ccc(-c3ccsc3)cn2)c2c(c1=O)C(O)CCC2. The van der Waals surface area contributed by atoms with E-state index in [-0.39, 0.29) is 11.1 Å². The van der Waals surface area contributed by atoms with Crippen LogP contribution in [0.1, 0.15) is 46.3 Å². The predicted octanol–water partition coefficient (Wildman–Crippen LogP) is 3.09. The van der Waals surface area contributed by atoms with Crippen LogP contribution in [0, 0.1) is 0 Å². The number of rotatable bonds is 4. The number of nitrogens with zero attached hydrogens (tertiary/aromatic N) is 2. The molecule has 3 aromatic heterocycles. The van der Waals surface area contributed by atoms with Crippen LogP contribution in [-0.4, -0.2) is 25.7 Å². The predicted molar refractivity (Wildman–Crippen MR) is 102 cm³/mol. The number of carbonyl (C=O) groups is 1. The number of hydrogen-bond acceptors (Lipinski definition) is 5. The lowest BCUT2D eigenvalue weighted by Gasteiger charge is -2.25. The second-order valence-electron chi connectivity index (χ2n) is 6.62. The maximum absolute atomic E-state index is 12.5. The van der Waals surface area contributed by atoms with Crippen LogP contribution in [-0.2, 0) is 13.0 Å². The van der Waals surface area contributed by atoms with Gasteiger partial charge in [0.25, 0.3) is 0 Å². The van der Waals surface area contributed by atoms with Crippen molar-refractivity contribution in [3.8, 4) is 11.1 Å². The Labute approximate surface area is 159 Å². The molecule has 0 spiro atoms. The van der Waals surface area contributed by atoms with Gasteiger partial charge in [-0.15, -0.1) is 0 Å². The molecule has 7 heteroatoms. The molecular formula is C20H18N2O4S. The molecule has 0 fully saturated rings. The van der Waals surface area contributed by atoms with Crippen LogP contribution in [0.2, 0.25) is 0 Å². The second kappa shape index (κ2) is 7.09. The summed E-state index contributed by atoms with van der Waals surface area (Å²) >= 11 is 1.62. The molecule has 3 heterocycles. The maximum Gasteiger partial charge on any atom is 0.341 e. The van der Waals surface area contributed by atoms with Crippen molar-refractivity contribution in [1.29, 1.82) is 0 Å². The summed E-state index contributed by atoms with van der Waals surface area (Å²) in [5.74, 6) is -1.28. The first-order valence-electron chi connectivity index (χ1n) is 8.69. The van der Waals surface area contributed by atoms with E-state index in [4.69, 9.17) is 0 Å². The van der Waals surface area contributed by atoms with Crippen molar-refractivity contribution in [2.24, 2.45) is 0 Å². The van der Waals surface area contributed by atoms with Gasteiger partial charge in [0.1, 0.15) is 5.56 Å². The Morgan fingerprint density at radius 1 is 1.30 bits per heavy atom. The summed E-state index contributed by atoms with van der Waals surface area (Å²) in [4.78, 5) is 28.5. The fourth-order valence-electron chi connectivity index (χ4n) is 3.54. The standard InChI is InChI=1S/C20H18N2O4S/c23-17-3-1-2-16-18(17)19(24)15(20(25)26)10-22(16)9-14-5-4-12(8-21-14)13-6-7-27-11-13/h4-8,10-11,17,23H,1-3,9H2,(H,25,26). The lowest BCUT2D eigenvalue weighted by Crippen LogP contribution is -2.30. The van der Waals surface area contributed by atoms with Crippen LogP contribution in [0.5, 0.6) is 0 Å². The minimum atomic E-state index is -1.28. The number of carboxylic acid groups (broad SMARTS) is 1. The van der Waals surface area contributed by atoms with Gasteiger partial charge in [0.15, 0.2) is 0 Å². The summed E-state index contributed by atoms with van der Waals surface area (Å²) in [6, 6.07) is 5.91. The molecule has 0 aliphatic heterocycles. The van der Waals surface area contributed by atoms with Gasteiger partial charge in [-0.3, -0.25) is 9.78 Å². The van der Waals surface area contributed by atoms with E-state index in [9.17, 15) is 19.8 Å². The highest BCUT2D eigenvalue weighted by Crippen LogP contribution is 2.28. The molecule has 1 aliphatic rings. The molecule has 6 nitrogen and oxygen atoms in total. The summed E-state index contributed by atoms with van der Waals surface area (Å²) < 4.78 is 1.75. The highest BCUT2D eigenvalue weighted by molar-refractivity contribution is 7.08. The summed E-state index contributed by atoms with van der Waals surface area (Å²) in [6.45, 7) is 0.347. The van der Waals surface area contributed by atoms with Crippen molar-refractivity contribution in [1.82, 2.24) is 9.55 Å². The zero-order valence-corrected chi connectivity index (χ0v) is 15.3. The molecule has 138 valence electrons. The first kappa shape index (κ1) is 17.6. The third kappa shape index (κ3) is 3.31. The lowest BCUT2D eigenvalue weighted by molar-refractivity contribution is 0.0693. The number of carboxylic acids is 1. The molecule has 0 saturated carbocycles. The monoisotopic (exact) mass is 382 g/mol. The molecule has 1 unspecified atom stereocenters. The molecule has 0 amide bonds. The molecule has 2 N–H and O–H groups in total. The number of thiophene rings is 1. The van der Waals surface area contributed by atoms with Crippen molar-refractivity contribution < 1.29 is 15.0 Å². The Balaban J connectivity index is 1.73. The highest BCUT2D eigenvalue weighted by atomic mass is 32.1. The number of aromatic nitrogens is 2. The molecule has 0 saturated heterocycles. The quantitative estimate of drug-likeness (QED) is 0.723.